The predicted molar refractivity (Wildman–Crippen MR) is 106 cm³/mol. The van der Waals surface area contributed by atoms with Crippen LogP contribution >= 0.6 is 0 Å². The highest BCUT2D eigenvalue weighted by molar-refractivity contribution is 7.91. The van der Waals surface area contributed by atoms with Gasteiger partial charge < -0.3 is 14.8 Å². The summed E-state index contributed by atoms with van der Waals surface area (Å²) < 4.78 is 40.7. The minimum atomic E-state index is -3.70. The van der Waals surface area contributed by atoms with Crippen LogP contribution < -0.4 is 5.32 Å². The molecule has 0 radical (unpaired) electrons. The van der Waals surface area contributed by atoms with Gasteiger partial charge in [0.2, 0.25) is 0 Å². The Labute approximate surface area is 165 Å². The lowest BCUT2D eigenvalue weighted by Gasteiger charge is -2.39. The Hall–Kier alpha value is -2.42. The third-order valence-corrected chi connectivity index (χ3v) is 6.91. The molecule has 1 saturated heterocycles. The van der Waals surface area contributed by atoms with E-state index < -0.39 is 15.7 Å². The quantitative estimate of drug-likeness (QED) is 0.605. The molecule has 1 fully saturated rings. The summed E-state index contributed by atoms with van der Waals surface area (Å²) in [5.41, 5.74) is 0. The van der Waals surface area contributed by atoms with Gasteiger partial charge in [0.25, 0.3) is 0 Å². The van der Waals surface area contributed by atoms with Crippen LogP contribution in [-0.4, -0.2) is 61.3 Å². The highest BCUT2D eigenvalue weighted by Gasteiger charge is 2.29. The first-order valence-corrected chi connectivity index (χ1v) is 11.0. The van der Waals surface area contributed by atoms with E-state index in [2.05, 4.69) is 31.7 Å². The van der Waals surface area contributed by atoms with Gasteiger partial charge in [-0.25, -0.2) is 17.8 Å². The van der Waals surface area contributed by atoms with Crippen molar-refractivity contribution in [2.45, 2.75) is 24.3 Å². The molecule has 1 N–H and O–H groups in total. The lowest BCUT2D eigenvalue weighted by molar-refractivity contribution is 0.189. The summed E-state index contributed by atoms with van der Waals surface area (Å²) in [7, 11) is -2.03. The minimum Gasteiger partial charge on any atom is -0.355 e. The van der Waals surface area contributed by atoms with Crippen molar-refractivity contribution >= 4 is 15.8 Å². The van der Waals surface area contributed by atoms with E-state index in [1.807, 2.05) is 12.5 Å². The first-order valence-electron chi connectivity index (χ1n) is 9.32. The smallest absolute Gasteiger partial charge is 0.193 e. The first kappa shape index (κ1) is 20.3. The van der Waals surface area contributed by atoms with Crippen LogP contribution in [-0.2, 0) is 9.84 Å². The molecule has 0 amide bonds. The Morgan fingerprint density at radius 3 is 2.86 bits per heavy atom. The fourth-order valence-corrected chi connectivity index (χ4v) is 4.77. The molecule has 1 aliphatic heterocycles. The molecule has 2 heterocycles. The van der Waals surface area contributed by atoms with Crippen molar-refractivity contribution in [1.82, 2.24) is 19.8 Å². The second-order valence-electron chi connectivity index (χ2n) is 7.01. The van der Waals surface area contributed by atoms with Gasteiger partial charge in [0, 0.05) is 39.1 Å². The molecular formula is C19H26FN5O2S. The van der Waals surface area contributed by atoms with Crippen LogP contribution in [0.15, 0.2) is 52.9 Å². The highest BCUT2D eigenvalue weighted by atomic mass is 32.2. The van der Waals surface area contributed by atoms with Gasteiger partial charge in [-0.1, -0.05) is 19.1 Å². The number of aliphatic imine (C=N–C) groups is 1. The van der Waals surface area contributed by atoms with Crippen molar-refractivity contribution in [3.63, 3.8) is 0 Å². The van der Waals surface area contributed by atoms with Gasteiger partial charge in [-0.05, 0) is 24.5 Å². The van der Waals surface area contributed by atoms with E-state index >= 15 is 0 Å². The maximum absolute atomic E-state index is 13.8. The second-order valence-corrected chi connectivity index (χ2v) is 9.09. The zero-order valence-electron chi connectivity index (χ0n) is 16.1. The predicted octanol–water partition coefficient (Wildman–Crippen LogP) is 1.95. The molecule has 1 aromatic heterocycles. The molecule has 2 atom stereocenters. The van der Waals surface area contributed by atoms with E-state index in [-0.39, 0.29) is 23.2 Å². The van der Waals surface area contributed by atoms with Crippen LogP contribution in [0, 0.1) is 11.7 Å². The van der Waals surface area contributed by atoms with Crippen LogP contribution in [0.25, 0.3) is 0 Å². The van der Waals surface area contributed by atoms with E-state index in [4.69, 9.17) is 0 Å². The molecule has 0 aliphatic carbocycles. The fraction of sp³-hybridized carbons (Fsp3) is 0.474. The standard InChI is InChI=1S/C19H26FN5O2S/c1-15-7-10-24(13-17(15)25-11-8-22-14-25)19(21-2)23-9-12-28(26,27)18-6-4-3-5-16(18)20/h3-6,8,11,14-15,17H,7,9-10,12-13H2,1-2H3,(H,21,23). The summed E-state index contributed by atoms with van der Waals surface area (Å²) in [4.78, 5) is 10.3. The Morgan fingerprint density at radius 1 is 1.39 bits per heavy atom. The SMILES string of the molecule is CN=C(NCCS(=O)(=O)c1ccccc1F)N1CCC(C)C(n2ccnc2)C1. The third kappa shape index (κ3) is 4.52. The number of rotatable bonds is 5. The largest absolute Gasteiger partial charge is 0.355 e. The molecule has 2 aromatic rings. The Bertz CT molecular complexity index is 914. The van der Waals surface area contributed by atoms with E-state index in [9.17, 15) is 12.8 Å². The molecule has 9 heteroatoms. The van der Waals surface area contributed by atoms with Crippen LogP contribution in [0.2, 0.25) is 0 Å². The van der Waals surface area contributed by atoms with Gasteiger partial charge in [-0.3, -0.25) is 4.99 Å². The van der Waals surface area contributed by atoms with Crippen LogP contribution in [0.5, 0.6) is 0 Å². The molecule has 28 heavy (non-hydrogen) atoms. The zero-order chi connectivity index (χ0) is 20.1. The Balaban J connectivity index is 1.61. The maximum atomic E-state index is 13.8. The summed E-state index contributed by atoms with van der Waals surface area (Å²) in [6, 6.07) is 5.72. The number of halogens is 1. The Kier molecular flexibility index (Phi) is 6.33. The molecule has 0 bridgehead atoms. The molecule has 2 unspecified atom stereocenters. The number of sulfone groups is 1. The van der Waals surface area contributed by atoms with Gasteiger partial charge in [0.05, 0.1) is 18.1 Å². The molecule has 3 rings (SSSR count). The zero-order valence-corrected chi connectivity index (χ0v) is 16.9. The average Bonchev–Trinajstić information content (AvgIpc) is 3.20. The third-order valence-electron chi connectivity index (χ3n) is 5.16. The Morgan fingerprint density at radius 2 is 2.18 bits per heavy atom. The van der Waals surface area contributed by atoms with Gasteiger partial charge in [0.15, 0.2) is 15.8 Å². The van der Waals surface area contributed by atoms with Crippen LogP contribution in [0.4, 0.5) is 4.39 Å². The summed E-state index contributed by atoms with van der Waals surface area (Å²) in [5.74, 6) is 0.230. The average molecular weight is 408 g/mol. The van der Waals surface area contributed by atoms with Crippen molar-refractivity contribution in [2.75, 3.05) is 32.4 Å². The topological polar surface area (TPSA) is 79.6 Å². The summed E-state index contributed by atoms with van der Waals surface area (Å²) in [6.07, 6.45) is 6.55. The van der Waals surface area contributed by atoms with Crippen molar-refractivity contribution < 1.29 is 12.8 Å². The number of hydrogen-bond acceptors (Lipinski definition) is 4. The van der Waals surface area contributed by atoms with Crippen molar-refractivity contribution in [3.8, 4) is 0 Å². The molecule has 7 nitrogen and oxygen atoms in total. The summed E-state index contributed by atoms with van der Waals surface area (Å²) >= 11 is 0. The van der Waals surface area contributed by atoms with E-state index in [1.54, 1.807) is 13.2 Å². The monoisotopic (exact) mass is 407 g/mol. The number of likely N-dealkylation sites (tertiary alicyclic amines) is 1. The normalized spacial score (nSPS) is 21.0. The van der Waals surface area contributed by atoms with E-state index in [1.165, 1.54) is 18.2 Å². The van der Waals surface area contributed by atoms with Gasteiger partial charge in [0.1, 0.15) is 10.7 Å². The summed E-state index contributed by atoms with van der Waals surface area (Å²) in [6.45, 7) is 3.98. The first-order chi connectivity index (χ1) is 13.4. The number of nitrogens with zero attached hydrogens (tertiary/aromatic N) is 4. The number of hydrogen-bond donors (Lipinski definition) is 1. The van der Waals surface area contributed by atoms with Crippen molar-refractivity contribution in [3.05, 3.63) is 48.8 Å². The number of nitrogens with one attached hydrogen (secondary N) is 1. The molecule has 0 spiro atoms. The van der Waals surface area contributed by atoms with Gasteiger partial charge >= 0.3 is 0 Å². The van der Waals surface area contributed by atoms with E-state index in [0.717, 1.165) is 25.6 Å². The lowest BCUT2D eigenvalue weighted by Crippen LogP contribution is -2.49. The number of benzene rings is 1. The number of piperidine rings is 1. The van der Waals surface area contributed by atoms with Crippen molar-refractivity contribution in [1.29, 1.82) is 0 Å². The summed E-state index contributed by atoms with van der Waals surface area (Å²) in [5, 5.41) is 3.11. The van der Waals surface area contributed by atoms with E-state index in [0.29, 0.717) is 11.9 Å². The number of aromatic nitrogens is 2. The fourth-order valence-electron chi connectivity index (χ4n) is 3.53. The highest BCUT2D eigenvalue weighted by Crippen LogP contribution is 2.27. The molecule has 0 saturated carbocycles. The number of imidazole rings is 1. The van der Waals surface area contributed by atoms with Crippen molar-refractivity contribution in [2.24, 2.45) is 10.9 Å². The van der Waals surface area contributed by atoms with Crippen LogP contribution in [0.1, 0.15) is 19.4 Å². The van der Waals surface area contributed by atoms with Crippen LogP contribution in [0.3, 0.4) is 0 Å². The molecule has 1 aromatic carbocycles. The maximum Gasteiger partial charge on any atom is 0.193 e. The molecule has 1 aliphatic rings. The van der Waals surface area contributed by atoms with Gasteiger partial charge in [-0.15, -0.1) is 0 Å². The minimum absolute atomic E-state index is 0.158. The molecular weight excluding hydrogens is 381 g/mol. The second kappa shape index (κ2) is 8.72. The lowest BCUT2D eigenvalue weighted by atomic mass is 9.93. The molecule has 152 valence electrons. The number of guanidine groups is 1. The van der Waals surface area contributed by atoms with Gasteiger partial charge in [-0.2, -0.15) is 0 Å².